The number of thiophene rings is 1. The summed E-state index contributed by atoms with van der Waals surface area (Å²) < 4.78 is 27.1. The zero-order valence-corrected chi connectivity index (χ0v) is 13.2. The Kier molecular flexibility index (Phi) is 5.15. The highest BCUT2D eigenvalue weighted by Crippen LogP contribution is 2.17. The SMILES string of the molecule is Cc1cccc(S(=O)(=O)NCc2sccc2C#CCN)c1. The highest BCUT2D eigenvalue weighted by molar-refractivity contribution is 7.89. The van der Waals surface area contributed by atoms with Crippen LogP contribution in [0.4, 0.5) is 0 Å². The topological polar surface area (TPSA) is 72.2 Å². The first-order valence-corrected chi connectivity index (χ1v) is 8.71. The lowest BCUT2D eigenvalue weighted by atomic mass is 10.2. The van der Waals surface area contributed by atoms with Crippen LogP contribution in [0.5, 0.6) is 0 Å². The molecule has 1 aromatic carbocycles. The molecule has 0 amide bonds. The van der Waals surface area contributed by atoms with Crippen LogP contribution in [0.15, 0.2) is 40.6 Å². The summed E-state index contributed by atoms with van der Waals surface area (Å²) in [5.74, 6) is 5.71. The molecule has 2 aromatic rings. The summed E-state index contributed by atoms with van der Waals surface area (Å²) in [5, 5.41) is 1.89. The first-order chi connectivity index (χ1) is 10.0. The second-order valence-corrected chi connectivity index (χ2v) is 7.17. The average Bonchev–Trinajstić information content (AvgIpc) is 2.90. The van der Waals surface area contributed by atoms with E-state index >= 15 is 0 Å². The van der Waals surface area contributed by atoms with Crippen molar-refractivity contribution in [1.82, 2.24) is 4.72 Å². The van der Waals surface area contributed by atoms with Crippen molar-refractivity contribution >= 4 is 21.4 Å². The van der Waals surface area contributed by atoms with Crippen LogP contribution in [0.1, 0.15) is 16.0 Å². The Bertz CT molecular complexity index is 783. The molecule has 0 aliphatic rings. The molecule has 21 heavy (non-hydrogen) atoms. The summed E-state index contributed by atoms with van der Waals surface area (Å²) in [5.41, 5.74) is 7.07. The maximum atomic E-state index is 12.2. The molecular formula is C15H16N2O2S2. The number of nitrogens with two attached hydrogens (primary N) is 1. The minimum Gasteiger partial charge on any atom is -0.320 e. The Labute approximate surface area is 129 Å². The van der Waals surface area contributed by atoms with E-state index in [1.165, 1.54) is 11.3 Å². The molecule has 110 valence electrons. The number of hydrogen-bond acceptors (Lipinski definition) is 4. The van der Waals surface area contributed by atoms with Crippen LogP contribution in [0.3, 0.4) is 0 Å². The molecule has 2 rings (SSSR count). The lowest BCUT2D eigenvalue weighted by Crippen LogP contribution is -2.23. The Hall–Kier alpha value is -1.65. The van der Waals surface area contributed by atoms with Gasteiger partial charge in [0.2, 0.25) is 10.0 Å². The highest BCUT2D eigenvalue weighted by atomic mass is 32.2. The second-order valence-electron chi connectivity index (χ2n) is 4.40. The molecule has 0 radical (unpaired) electrons. The van der Waals surface area contributed by atoms with Gasteiger partial charge in [0, 0.05) is 17.0 Å². The van der Waals surface area contributed by atoms with Crippen molar-refractivity contribution in [3.8, 4) is 11.8 Å². The molecule has 0 saturated heterocycles. The van der Waals surface area contributed by atoms with Crippen LogP contribution in [0.2, 0.25) is 0 Å². The third-order valence-electron chi connectivity index (χ3n) is 2.79. The molecule has 1 aromatic heterocycles. The Morgan fingerprint density at radius 1 is 1.33 bits per heavy atom. The molecule has 6 heteroatoms. The van der Waals surface area contributed by atoms with E-state index in [1.54, 1.807) is 18.2 Å². The molecule has 1 heterocycles. The van der Waals surface area contributed by atoms with Crippen molar-refractivity contribution in [3.05, 3.63) is 51.7 Å². The van der Waals surface area contributed by atoms with E-state index in [9.17, 15) is 8.42 Å². The van der Waals surface area contributed by atoms with Crippen molar-refractivity contribution < 1.29 is 8.42 Å². The van der Waals surface area contributed by atoms with Gasteiger partial charge in [0.15, 0.2) is 0 Å². The standard InChI is InChI=1S/C15H16N2O2S2/c1-12-4-2-6-14(10-12)21(18,19)17-11-15-13(5-3-8-16)7-9-20-15/h2,4,6-7,9-10,17H,8,11,16H2,1H3. The van der Waals surface area contributed by atoms with Crippen LogP contribution < -0.4 is 10.5 Å². The Morgan fingerprint density at radius 2 is 2.14 bits per heavy atom. The van der Waals surface area contributed by atoms with Gasteiger partial charge >= 0.3 is 0 Å². The van der Waals surface area contributed by atoms with E-state index < -0.39 is 10.0 Å². The van der Waals surface area contributed by atoms with Gasteiger partial charge < -0.3 is 5.73 Å². The normalized spacial score (nSPS) is 11.0. The van der Waals surface area contributed by atoms with E-state index in [4.69, 9.17) is 5.73 Å². The van der Waals surface area contributed by atoms with Gasteiger partial charge in [-0.2, -0.15) is 0 Å². The highest BCUT2D eigenvalue weighted by Gasteiger charge is 2.14. The van der Waals surface area contributed by atoms with Crippen LogP contribution >= 0.6 is 11.3 Å². The molecule has 0 unspecified atom stereocenters. The summed E-state index contributed by atoms with van der Waals surface area (Å²) in [4.78, 5) is 1.15. The first-order valence-electron chi connectivity index (χ1n) is 6.34. The van der Waals surface area contributed by atoms with Gasteiger partial charge in [-0.15, -0.1) is 11.3 Å². The summed E-state index contributed by atoms with van der Waals surface area (Å²) >= 11 is 1.47. The van der Waals surface area contributed by atoms with Crippen LogP contribution in [-0.4, -0.2) is 15.0 Å². The molecule has 0 saturated carbocycles. The second kappa shape index (κ2) is 6.87. The Morgan fingerprint density at radius 3 is 2.86 bits per heavy atom. The predicted molar refractivity (Wildman–Crippen MR) is 85.5 cm³/mol. The quantitative estimate of drug-likeness (QED) is 0.845. The predicted octanol–water partition coefficient (Wildman–Crippen LogP) is 1.85. The number of rotatable bonds is 4. The maximum Gasteiger partial charge on any atom is 0.240 e. The first kappa shape index (κ1) is 15.7. The average molecular weight is 320 g/mol. The van der Waals surface area contributed by atoms with Crippen LogP contribution in [-0.2, 0) is 16.6 Å². The smallest absolute Gasteiger partial charge is 0.240 e. The fraction of sp³-hybridized carbons (Fsp3) is 0.200. The molecular weight excluding hydrogens is 304 g/mol. The number of nitrogens with one attached hydrogen (secondary N) is 1. The van der Waals surface area contributed by atoms with Gasteiger partial charge in [-0.3, -0.25) is 0 Å². The third kappa shape index (κ3) is 4.16. The van der Waals surface area contributed by atoms with Crippen molar-refractivity contribution in [3.63, 3.8) is 0 Å². The fourth-order valence-corrected chi connectivity index (χ4v) is 3.72. The lowest BCUT2D eigenvalue weighted by molar-refractivity contribution is 0.581. The van der Waals surface area contributed by atoms with Crippen molar-refractivity contribution in [2.24, 2.45) is 5.73 Å². The third-order valence-corrected chi connectivity index (χ3v) is 5.11. The summed E-state index contributed by atoms with van der Waals surface area (Å²) in [7, 11) is -3.51. The summed E-state index contributed by atoms with van der Waals surface area (Å²) in [6, 6.07) is 8.68. The van der Waals surface area contributed by atoms with Crippen LogP contribution in [0.25, 0.3) is 0 Å². The largest absolute Gasteiger partial charge is 0.320 e. The molecule has 0 fully saturated rings. The van der Waals surface area contributed by atoms with E-state index in [-0.39, 0.29) is 18.0 Å². The van der Waals surface area contributed by atoms with E-state index in [0.717, 1.165) is 16.0 Å². The zero-order valence-electron chi connectivity index (χ0n) is 11.6. The summed E-state index contributed by atoms with van der Waals surface area (Å²) in [6.07, 6.45) is 0. The molecule has 0 atom stereocenters. The van der Waals surface area contributed by atoms with Crippen molar-refractivity contribution in [2.75, 3.05) is 6.54 Å². The molecule has 0 aliphatic heterocycles. The molecule has 0 aliphatic carbocycles. The van der Waals surface area contributed by atoms with E-state index in [2.05, 4.69) is 16.6 Å². The van der Waals surface area contributed by atoms with Crippen molar-refractivity contribution in [2.45, 2.75) is 18.4 Å². The number of hydrogen-bond donors (Lipinski definition) is 2. The van der Waals surface area contributed by atoms with E-state index in [0.29, 0.717) is 0 Å². The van der Waals surface area contributed by atoms with Crippen molar-refractivity contribution in [1.29, 1.82) is 0 Å². The molecule has 0 spiro atoms. The van der Waals surface area contributed by atoms with Gasteiger partial charge in [0.05, 0.1) is 11.4 Å². The Balaban J connectivity index is 2.14. The van der Waals surface area contributed by atoms with Gasteiger partial charge in [0.25, 0.3) is 0 Å². The van der Waals surface area contributed by atoms with Gasteiger partial charge in [0.1, 0.15) is 0 Å². The number of aryl methyl sites for hydroxylation is 1. The minimum atomic E-state index is -3.51. The number of benzene rings is 1. The molecule has 4 nitrogen and oxygen atoms in total. The zero-order chi connectivity index (χ0) is 15.3. The molecule has 0 bridgehead atoms. The van der Waals surface area contributed by atoms with Gasteiger partial charge in [-0.05, 0) is 36.1 Å². The van der Waals surface area contributed by atoms with Gasteiger partial charge in [-0.25, -0.2) is 13.1 Å². The van der Waals surface area contributed by atoms with Crippen LogP contribution in [0, 0.1) is 18.8 Å². The fourth-order valence-electron chi connectivity index (χ4n) is 1.76. The minimum absolute atomic E-state index is 0.225. The van der Waals surface area contributed by atoms with E-state index in [1.807, 2.05) is 24.4 Å². The summed E-state index contributed by atoms with van der Waals surface area (Å²) in [6.45, 7) is 2.37. The number of sulfonamides is 1. The maximum absolute atomic E-state index is 12.2. The van der Waals surface area contributed by atoms with Gasteiger partial charge in [-0.1, -0.05) is 24.0 Å². The molecule has 3 N–H and O–H groups in total. The monoisotopic (exact) mass is 320 g/mol. The lowest BCUT2D eigenvalue weighted by Gasteiger charge is -2.06.